The third-order valence-electron chi connectivity index (χ3n) is 2.77. The number of hydrogen-bond acceptors (Lipinski definition) is 2. The van der Waals surface area contributed by atoms with E-state index in [1.807, 2.05) is 30.0 Å². The third-order valence-corrected chi connectivity index (χ3v) is 3.19. The number of rotatable bonds is 1. The fraction of sp³-hybridized carbons (Fsp3) is 0.417. The van der Waals surface area contributed by atoms with E-state index < -0.39 is 0 Å². The van der Waals surface area contributed by atoms with E-state index in [0.29, 0.717) is 6.54 Å². The van der Waals surface area contributed by atoms with Crippen molar-refractivity contribution in [3.8, 4) is 0 Å². The predicted molar refractivity (Wildman–Crippen MR) is 66.0 cm³/mol. The minimum atomic E-state index is 0.124. The molecule has 0 bridgehead atoms. The Morgan fingerprint density at radius 3 is 3.00 bits per heavy atom. The summed E-state index contributed by atoms with van der Waals surface area (Å²) >= 11 is 5.97. The topological polar surface area (TPSA) is 32.3 Å². The van der Waals surface area contributed by atoms with Crippen LogP contribution in [-0.4, -0.2) is 25.5 Å². The molecule has 1 N–H and O–H groups in total. The highest BCUT2D eigenvalue weighted by molar-refractivity contribution is 6.31. The Morgan fingerprint density at radius 2 is 2.25 bits per heavy atom. The number of hydrogen-bond donors (Lipinski definition) is 1. The van der Waals surface area contributed by atoms with Crippen molar-refractivity contribution in [3.63, 3.8) is 0 Å². The van der Waals surface area contributed by atoms with E-state index in [0.717, 1.165) is 35.8 Å². The third kappa shape index (κ3) is 2.36. The maximum atomic E-state index is 11.8. The first-order chi connectivity index (χ1) is 7.68. The number of carbonyl (C=O) groups excluding carboxylic acids is 1. The Kier molecular flexibility index (Phi) is 3.46. The van der Waals surface area contributed by atoms with Crippen molar-refractivity contribution in [1.82, 2.24) is 5.32 Å². The quantitative estimate of drug-likeness (QED) is 0.812. The van der Waals surface area contributed by atoms with Crippen LogP contribution in [0.4, 0.5) is 5.69 Å². The molecule has 1 heterocycles. The predicted octanol–water partition coefficient (Wildman–Crippen LogP) is 1.97. The largest absolute Gasteiger partial charge is 0.311 e. The zero-order valence-corrected chi connectivity index (χ0v) is 10.0. The van der Waals surface area contributed by atoms with E-state index in [1.165, 1.54) is 0 Å². The minimum absolute atomic E-state index is 0.124. The van der Waals surface area contributed by atoms with Gasteiger partial charge in [0.25, 0.3) is 0 Å². The van der Waals surface area contributed by atoms with Crippen LogP contribution in [0.1, 0.15) is 12.0 Å². The lowest BCUT2D eigenvalue weighted by Gasteiger charge is -2.20. The monoisotopic (exact) mass is 238 g/mol. The molecule has 0 aliphatic carbocycles. The lowest BCUT2D eigenvalue weighted by Crippen LogP contribution is -2.34. The van der Waals surface area contributed by atoms with Crippen molar-refractivity contribution < 1.29 is 4.79 Å². The molecule has 16 heavy (non-hydrogen) atoms. The highest BCUT2D eigenvalue weighted by Gasteiger charge is 2.18. The van der Waals surface area contributed by atoms with Gasteiger partial charge in [0.15, 0.2) is 0 Å². The maximum absolute atomic E-state index is 11.8. The van der Waals surface area contributed by atoms with Crippen LogP contribution in [0.15, 0.2) is 18.2 Å². The number of amides is 1. The normalized spacial score (nSPS) is 17.4. The van der Waals surface area contributed by atoms with Crippen LogP contribution in [0.2, 0.25) is 5.02 Å². The van der Waals surface area contributed by atoms with E-state index in [1.54, 1.807) is 0 Å². The van der Waals surface area contributed by atoms with Crippen LogP contribution in [-0.2, 0) is 4.79 Å². The molecule has 1 aliphatic rings. The Morgan fingerprint density at radius 1 is 1.44 bits per heavy atom. The van der Waals surface area contributed by atoms with Gasteiger partial charge in [0, 0.05) is 17.3 Å². The van der Waals surface area contributed by atoms with Crippen molar-refractivity contribution in [2.45, 2.75) is 13.3 Å². The Hall–Kier alpha value is -1.06. The molecule has 0 unspecified atom stereocenters. The zero-order chi connectivity index (χ0) is 11.5. The van der Waals surface area contributed by atoms with Gasteiger partial charge in [0.05, 0.1) is 6.54 Å². The van der Waals surface area contributed by atoms with Gasteiger partial charge in [-0.05, 0) is 43.7 Å². The van der Waals surface area contributed by atoms with Crippen LogP contribution in [0.25, 0.3) is 0 Å². The van der Waals surface area contributed by atoms with Gasteiger partial charge in [-0.15, -0.1) is 0 Å². The number of nitrogens with zero attached hydrogens (tertiary/aromatic N) is 1. The first-order valence-corrected chi connectivity index (χ1v) is 5.83. The first kappa shape index (κ1) is 11.4. The molecule has 3 nitrogen and oxygen atoms in total. The van der Waals surface area contributed by atoms with Crippen LogP contribution >= 0.6 is 11.6 Å². The average molecular weight is 239 g/mol. The molecule has 86 valence electrons. The van der Waals surface area contributed by atoms with E-state index in [9.17, 15) is 4.79 Å². The molecule has 0 spiro atoms. The molecular formula is C12H15ClN2O. The second-order valence-corrected chi connectivity index (χ2v) is 4.42. The van der Waals surface area contributed by atoms with Gasteiger partial charge in [-0.2, -0.15) is 0 Å². The SMILES string of the molecule is Cc1cc(N2CCCNCC2=O)ccc1Cl. The molecule has 2 rings (SSSR count). The summed E-state index contributed by atoms with van der Waals surface area (Å²) in [7, 11) is 0. The summed E-state index contributed by atoms with van der Waals surface area (Å²) < 4.78 is 0. The van der Waals surface area contributed by atoms with Crippen molar-refractivity contribution in [3.05, 3.63) is 28.8 Å². The van der Waals surface area contributed by atoms with Crippen molar-refractivity contribution >= 4 is 23.2 Å². The number of nitrogens with one attached hydrogen (secondary N) is 1. The fourth-order valence-corrected chi connectivity index (χ4v) is 1.97. The van der Waals surface area contributed by atoms with Gasteiger partial charge >= 0.3 is 0 Å². The highest BCUT2D eigenvalue weighted by Crippen LogP contribution is 2.23. The number of aryl methyl sites for hydroxylation is 1. The summed E-state index contributed by atoms with van der Waals surface area (Å²) in [5.41, 5.74) is 1.94. The van der Waals surface area contributed by atoms with Crippen LogP contribution < -0.4 is 10.2 Å². The molecule has 1 aromatic carbocycles. The van der Waals surface area contributed by atoms with Crippen molar-refractivity contribution in [1.29, 1.82) is 0 Å². The van der Waals surface area contributed by atoms with Gasteiger partial charge in [0.2, 0.25) is 5.91 Å². The summed E-state index contributed by atoms with van der Waals surface area (Å²) in [6, 6.07) is 5.71. The number of benzene rings is 1. The molecule has 0 radical (unpaired) electrons. The molecule has 1 aromatic rings. The first-order valence-electron chi connectivity index (χ1n) is 5.46. The molecule has 1 aliphatic heterocycles. The van der Waals surface area contributed by atoms with Crippen LogP contribution in [0.3, 0.4) is 0 Å². The van der Waals surface area contributed by atoms with E-state index in [-0.39, 0.29) is 5.91 Å². The molecule has 4 heteroatoms. The summed E-state index contributed by atoms with van der Waals surface area (Å²) in [5.74, 6) is 0.124. The van der Waals surface area contributed by atoms with E-state index >= 15 is 0 Å². The van der Waals surface area contributed by atoms with Crippen molar-refractivity contribution in [2.24, 2.45) is 0 Å². The summed E-state index contributed by atoms with van der Waals surface area (Å²) in [4.78, 5) is 13.7. The lowest BCUT2D eigenvalue weighted by atomic mass is 10.2. The van der Waals surface area contributed by atoms with E-state index in [2.05, 4.69) is 5.32 Å². The summed E-state index contributed by atoms with van der Waals surface area (Å²) in [5, 5.41) is 3.85. The van der Waals surface area contributed by atoms with Gasteiger partial charge in [0.1, 0.15) is 0 Å². The molecule has 0 saturated carbocycles. The maximum Gasteiger partial charge on any atom is 0.240 e. The number of anilines is 1. The summed E-state index contributed by atoms with van der Waals surface area (Å²) in [6.07, 6.45) is 0.980. The smallest absolute Gasteiger partial charge is 0.240 e. The van der Waals surface area contributed by atoms with Crippen LogP contribution in [0.5, 0.6) is 0 Å². The molecule has 0 atom stereocenters. The average Bonchev–Trinajstić information content (AvgIpc) is 2.47. The van der Waals surface area contributed by atoms with Gasteiger partial charge in [-0.25, -0.2) is 0 Å². The Bertz CT molecular complexity index is 406. The molecular weight excluding hydrogens is 224 g/mol. The number of halogens is 1. The van der Waals surface area contributed by atoms with E-state index in [4.69, 9.17) is 11.6 Å². The zero-order valence-electron chi connectivity index (χ0n) is 9.29. The van der Waals surface area contributed by atoms with Gasteiger partial charge in [-0.3, -0.25) is 4.79 Å². The second kappa shape index (κ2) is 4.85. The van der Waals surface area contributed by atoms with Gasteiger partial charge in [-0.1, -0.05) is 11.6 Å². The lowest BCUT2D eigenvalue weighted by molar-refractivity contribution is -0.117. The second-order valence-electron chi connectivity index (χ2n) is 4.01. The Labute approximate surface area is 100 Å². The summed E-state index contributed by atoms with van der Waals surface area (Å²) in [6.45, 7) is 4.04. The minimum Gasteiger partial charge on any atom is -0.311 e. The molecule has 1 saturated heterocycles. The molecule has 1 fully saturated rings. The fourth-order valence-electron chi connectivity index (χ4n) is 1.85. The number of carbonyl (C=O) groups is 1. The Balaban J connectivity index is 2.27. The van der Waals surface area contributed by atoms with Gasteiger partial charge < -0.3 is 10.2 Å². The molecule has 0 aromatic heterocycles. The van der Waals surface area contributed by atoms with Crippen LogP contribution in [0, 0.1) is 6.92 Å². The highest BCUT2D eigenvalue weighted by atomic mass is 35.5. The molecule has 1 amide bonds. The standard InChI is InChI=1S/C12H15ClN2O/c1-9-7-10(3-4-11(9)13)15-6-2-5-14-8-12(15)16/h3-4,7,14H,2,5-6,8H2,1H3. The van der Waals surface area contributed by atoms with Crippen molar-refractivity contribution in [2.75, 3.05) is 24.5 Å².